The Kier molecular flexibility index (Phi) is 7.41. The lowest BCUT2D eigenvalue weighted by Gasteiger charge is -2.15. The monoisotopic (exact) mass is 369 g/mol. The predicted octanol–water partition coefficient (Wildman–Crippen LogP) is 3.92. The molecule has 5 nitrogen and oxygen atoms in total. The van der Waals surface area contributed by atoms with Crippen LogP contribution in [0.4, 0.5) is 0 Å². The zero-order valence-corrected chi connectivity index (χ0v) is 16.3. The van der Waals surface area contributed by atoms with Gasteiger partial charge in [-0.1, -0.05) is 56.3 Å². The largest absolute Gasteiger partial charge is 0.482 e. The van der Waals surface area contributed by atoms with E-state index in [2.05, 4.69) is 19.2 Å². The molecule has 1 N–H and O–H groups in total. The molecular weight excluding hydrogens is 342 g/mol. The van der Waals surface area contributed by atoms with Gasteiger partial charge in [0.1, 0.15) is 5.75 Å². The average molecular weight is 369 g/mol. The van der Waals surface area contributed by atoms with E-state index in [0.717, 1.165) is 16.7 Å². The normalized spacial score (nSPS) is 11.7. The second-order valence-corrected chi connectivity index (χ2v) is 6.83. The molecule has 0 fully saturated rings. The lowest BCUT2D eigenvalue weighted by Crippen LogP contribution is -2.31. The van der Waals surface area contributed by atoms with Crippen molar-refractivity contribution in [1.82, 2.24) is 5.32 Å². The van der Waals surface area contributed by atoms with Crippen molar-refractivity contribution in [1.29, 1.82) is 0 Å². The minimum atomic E-state index is -0.577. The van der Waals surface area contributed by atoms with E-state index in [1.165, 1.54) is 0 Å². The lowest BCUT2D eigenvalue weighted by molar-refractivity contribution is -0.150. The van der Waals surface area contributed by atoms with Crippen molar-refractivity contribution in [3.8, 4) is 5.75 Å². The Morgan fingerprint density at radius 2 is 1.67 bits per heavy atom. The number of amides is 1. The van der Waals surface area contributed by atoms with Gasteiger partial charge < -0.3 is 14.8 Å². The maximum atomic E-state index is 12.0. The van der Waals surface area contributed by atoms with Gasteiger partial charge >= 0.3 is 5.97 Å². The molecule has 2 aromatic rings. The highest BCUT2D eigenvalue weighted by Gasteiger charge is 2.13. The highest BCUT2D eigenvalue weighted by atomic mass is 16.6. The number of carbonyl (C=O) groups excluding carboxylic acids is 2. The Bertz CT molecular complexity index is 771. The molecule has 0 radical (unpaired) electrons. The van der Waals surface area contributed by atoms with Gasteiger partial charge in [0.15, 0.2) is 13.2 Å². The number of rotatable bonds is 8. The first-order chi connectivity index (χ1) is 12.9. The molecular formula is C22H27NO4. The summed E-state index contributed by atoms with van der Waals surface area (Å²) in [6.45, 7) is 7.43. The molecule has 144 valence electrons. The summed E-state index contributed by atoms with van der Waals surface area (Å²) in [5, 5.41) is 2.80. The predicted molar refractivity (Wildman–Crippen MR) is 105 cm³/mol. The SMILES string of the molecule is Cc1ccc(C(C)C)cc1OCC(=O)OCC(=O)N[C@@H](C)c1ccccc1. The molecule has 0 heterocycles. The van der Waals surface area contributed by atoms with Crippen molar-refractivity contribution < 1.29 is 19.1 Å². The zero-order valence-electron chi connectivity index (χ0n) is 16.3. The maximum absolute atomic E-state index is 12.0. The van der Waals surface area contributed by atoms with Crippen LogP contribution in [-0.2, 0) is 14.3 Å². The molecule has 0 aliphatic rings. The van der Waals surface area contributed by atoms with Crippen LogP contribution < -0.4 is 10.1 Å². The Morgan fingerprint density at radius 3 is 2.33 bits per heavy atom. The number of ether oxygens (including phenoxy) is 2. The van der Waals surface area contributed by atoms with E-state index in [0.29, 0.717) is 11.7 Å². The number of carbonyl (C=O) groups is 2. The molecule has 5 heteroatoms. The van der Waals surface area contributed by atoms with Crippen molar-refractivity contribution in [3.05, 3.63) is 65.2 Å². The highest BCUT2D eigenvalue weighted by Crippen LogP contribution is 2.24. The van der Waals surface area contributed by atoms with E-state index in [9.17, 15) is 9.59 Å². The second-order valence-electron chi connectivity index (χ2n) is 6.83. The molecule has 0 unspecified atom stereocenters. The Balaban J connectivity index is 1.78. The van der Waals surface area contributed by atoms with Crippen LogP contribution in [0.1, 0.15) is 49.4 Å². The van der Waals surface area contributed by atoms with Crippen LogP contribution >= 0.6 is 0 Å². The van der Waals surface area contributed by atoms with Crippen molar-refractivity contribution in [2.45, 2.75) is 39.7 Å². The van der Waals surface area contributed by atoms with Gasteiger partial charge in [-0.15, -0.1) is 0 Å². The van der Waals surface area contributed by atoms with Crippen molar-refractivity contribution in [3.63, 3.8) is 0 Å². The summed E-state index contributed by atoms with van der Waals surface area (Å²) in [7, 11) is 0. The van der Waals surface area contributed by atoms with Crippen LogP contribution in [-0.4, -0.2) is 25.1 Å². The number of aryl methyl sites for hydroxylation is 1. The van der Waals surface area contributed by atoms with Crippen LogP contribution in [0.25, 0.3) is 0 Å². The highest BCUT2D eigenvalue weighted by molar-refractivity contribution is 5.81. The number of hydrogen-bond donors (Lipinski definition) is 1. The summed E-state index contributed by atoms with van der Waals surface area (Å²) >= 11 is 0. The molecule has 0 saturated carbocycles. The summed E-state index contributed by atoms with van der Waals surface area (Å²) in [6.07, 6.45) is 0. The molecule has 0 saturated heterocycles. The maximum Gasteiger partial charge on any atom is 0.344 e. The minimum Gasteiger partial charge on any atom is -0.482 e. The Hall–Kier alpha value is -2.82. The Labute approximate surface area is 160 Å². The molecule has 0 aliphatic carbocycles. The van der Waals surface area contributed by atoms with E-state index in [1.54, 1.807) is 0 Å². The first kappa shape index (κ1) is 20.5. The van der Waals surface area contributed by atoms with Gasteiger partial charge in [-0.2, -0.15) is 0 Å². The van der Waals surface area contributed by atoms with E-state index >= 15 is 0 Å². The molecule has 2 aromatic carbocycles. The number of benzene rings is 2. The first-order valence-corrected chi connectivity index (χ1v) is 9.10. The van der Waals surface area contributed by atoms with Crippen LogP contribution in [0, 0.1) is 6.92 Å². The summed E-state index contributed by atoms with van der Waals surface area (Å²) < 4.78 is 10.6. The fraction of sp³-hybridized carbons (Fsp3) is 0.364. The van der Waals surface area contributed by atoms with Gasteiger partial charge in [0.25, 0.3) is 5.91 Å². The minimum absolute atomic E-state index is 0.157. The van der Waals surface area contributed by atoms with E-state index in [4.69, 9.17) is 9.47 Å². The van der Waals surface area contributed by atoms with E-state index in [1.807, 2.05) is 62.4 Å². The van der Waals surface area contributed by atoms with Gasteiger partial charge in [-0.05, 0) is 42.5 Å². The fourth-order valence-electron chi connectivity index (χ4n) is 2.56. The molecule has 0 aliphatic heterocycles. The van der Waals surface area contributed by atoms with Gasteiger partial charge in [0.2, 0.25) is 0 Å². The molecule has 27 heavy (non-hydrogen) atoms. The quantitative estimate of drug-likeness (QED) is 0.717. The van der Waals surface area contributed by atoms with Gasteiger partial charge in [-0.25, -0.2) is 4.79 Å². The van der Waals surface area contributed by atoms with Gasteiger partial charge in [-0.3, -0.25) is 4.79 Å². The van der Waals surface area contributed by atoms with Gasteiger partial charge in [0.05, 0.1) is 6.04 Å². The number of esters is 1. The van der Waals surface area contributed by atoms with Crippen LogP contribution in [0.15, 0.2) is 48.5 Å². The molecule has 1 amide bonds. The summed E-state index contributed by atoms with van der Waals surface area (Å²) in [5.41, 5.74) is 3.07. The van der Waals surface area contributed by atoms with Crippen LogP contribution in [0.5, 0.6) is 5.75 Å². The zero-order chi connectivity index (χ0) is 19.8. The van der Waals surface area contributed by atoms with Crippen molar-refractivity contribution >= 4 is 11.9 Å². The first-order valence-electron chi connectivity index (χ1n) is 9.10. The number of hydrogen-bond acceptors (Lipinski definition) is 4. The third-order valence-electron chi connectivity index (χ3n) is 4.27. The molecule has 2 rings (SSSR count). The van der Waals surface area contributed by atoms with Gasteiger partial charge in [0, 0.05) is 0 Å². The smallest absolute Gasteiger partial charge is 0.344 e. The summed E-state index contributed by atoms with van der Waals surface area (Å²) in [5.74, 6) is 0.0973. The second kappa shape index (κ2) is 9.76. The molecule has 0 bridgehead atoms. The molecule has 0 aromatic heterocycles. The average Bonchev–Trinajstić information content (AvgIpc) is 2.66. The third-order valence-corrected chi connectivity index (χ3v) is 4.27. The topological polar surface area (TPSA) is 64.6 Å². The summed E-state index contributed by atoms with van der Waals surface area (Å²) in [6, 6.07) is 15.4. The lowest BCUT2D eigenvalue weighted by atomic mass is 10.0. The number of nitrogens with one attached hydrogen (secondary N) is 1. The Morgan fingerprint density at radius 1 is 0.963 bits per heavy atom. The fourth-order valence-corrected chi connectivity index (χ4v) is 2.56. The standard InChI is InChI=1S/C22H27NO4/c1-15(2)19-11-10-16(3)20(12-19)26-14-22(25)27-13-21(24)23-17(4)18-8-6-5-7-9-18/h5-12,15,17H,13-14H2,1-4H3,(H,23,24)/t17-/m0/s1. The van der Waals surface area contributed by atoms with E-state index < -0.39 is 5.97 Å². The van der Waals surface area contributed by atoms with Crippen molar-refractivity contribution in [2.24, 2.45) is 0 Å². The summed E-state index contributed by atoms with van der Waals surface area (Å²) in [4.78, 5) is 23.8. The third kappa shape index (κ3) is 6.44. The molecule has 0 spiro atoms. The van der Waals surface area contributed by atoms with Crippen LogP contribution in [0.2, 0.25) is 0 Å². The van der Waals surface area contributed by atoms with Crippen LogP contribution in [0.3, 0.4) is 0 Å². The van der Waals surface area contributed by atoms with E-state index in [-0.39, 0.29) is 25.2 Å². The molecule has 1 atom stereocenters. The van der Waals surface area contributed by atoms with Crippen molar-refractivity contribution in [2.75, 3.05) is 13.2 Å².